The molecule has 2 aromatic rings. The Labute approximate surface area is 202 Å². The Bertz CT molecular complexity index is 1130. The molecule has 13 heteroatoms. The maximum atomic E-state index is 12.8. The third-order valence-electron chi connectivity index (χ3n) is 4.13. The number of nitrogens with one attached hydrogen (secondary N) is 2. The molecule has 0 radical (unpaired) electrons. The van der Waals surface area contributed by atoms with Gasteiger partial charge >= 0.3 is 18.0 Å². The molecule has 2 heterocycles. The van der Waals surface area contributed by atoms with Gasteiger partial charge in [-0.25, -0.2) is 14.6 Å². The molecule has 1 aromatic carbocycles. The van der Waals surface area contributed by atoms with E-state index in [1.165, 1.54) is 5.38 Å². The highest BCUT2D eigenvalue weighted by molar-refractivity contribution is 8.26. The number of thiazole rings is 1. The van der Waals surface area contributed by atoms with Gasteiger partial charge in [0.15, 0.2) is 5.13 Å². The summed E-state index contributed by atoms with van der Waals surface area (Å²) in [5, 5.41) is 16.0. The van der Waals surface area contributed by atoms with E-state index in [0.29, 0.717) is 6.54 Å². The Balaban J connectivity index is 1.80. The van der Waals surface area contributed by atoms with E-state index < -0.39 is 30.4 Å². The Hall–Kier alpha value is -3.29. The smallest absolute Gasteiger partial charge is 0.341 e. The number of ether oxygens (including phenoxy) is 1. The van der Waals surface area contributed by atoms with Crippen molar-refractivity contribution in [2.75, 3.05) is 18.5 Å². The van der Waals surface area contributed by atoms with Crippen LogP contribution >= 0.6 is 35.3 Å². The molecule has 0 aliphatic carbocycles. The number of carbonyl (C=O) groups excluding carboxylic acids is 3. The molecule has 3 rings (SSSR count). The van der Waals surface area contributed by atoms with Gasteiger partial charge in [0.05, 0.1) is 17.2 Å². The average molecular weight is 507 g/mol. The summed E-state index contributed by atoms with van der Waals surface area (Å²) in [6, 6.07) is 8.83. The molecule has 172 valence electrons. The van der Waals surface area contributed by atoms with Gasteiger partial charge in [-0.15, -0.1) is 11.3 Å². The number of aliphatic carboxylic acids is 1. The van der Waals surface area contributed by atoms with Crippen LogP contribution in [0.15, 0.2) is 40.6 Å². The van der Waals surface area contributed by atoms with E-state index in [-0.39, 0.29) is 32.2 Å². The number of thioether (sulfide) groups is 1. The van der Waals surface area contributed by atoms with Crippen molar-refractivity contribution in [1.82, 2.24) is 15.2 Å². The summed E-state index contributed by atoms with van der Waals surface area (Å²) in [6.07, 6.45) is 0. The lowest BCUT2D eigenvalue weighted by Crippen LogP contribution is -2.33. The average Bonchev–Trinajstić information content (AvgIpc) is 3.33. The molecule has 1 fully saturated rings. The zero-order valence-electron chi connectivity index (χ0n) is 17.2. The molecule has 10 nitrogen and oxygen atoms in total. The van der Waals surface area contributed by atoms with Crippen molar-refractivity contribution in [2.45, 2.75) is 13.5 Å². The summed E-state index contributed by atoms with van der Waals surface area (Å²) in [7, 11) is 0. The van der Waals surface area contributed by atoms with Gasteiger partial charge in [-0.3, -0.25) is 19.8 Å². The molecule has 0 spiro atoms. The normalized spacial score (nSPS) is 14.8. The third kappa shape index (κ3) is 6.15. The Morgan fingerprint density at radius 2 is 1.97 bits per heavy atom. The number of anilines is 1. The second-order valence-electron chi connectivity index (χ2n) is 6.41. The number of hydrogen-bond acceptors (Lipinski definition) is 9. The van der Waals surface area contributed by atoms with Crippen LogP contribution in [-0.4, -0.2) is 56.3 Å². The van der Waals surface area contributed by atoms with Gasteiger partial charge in [0.2, 0.25) is 0 Å². The summed E-state index contributed by atoms with van der Waals surface area (Å²) < 4.78 is 5.08. The van der Waals surface area contributed by atoms with Crippen LogP contribution in [0.25, 0.3) is 5.57 Å². The topological polar surface area (TPSA) is 138 Å². The maximum absolute atomic E-state index is 12.8. The molecular weight excluding hydrogens is 488 g/mol. The molecule has 1 aromatic heterocycles. The number of carboxylic acid groups (broad SMARTS) is 1. The zero-order valence-corrected chi connectivity index (χ0v) is 19.6. The molecule has 1 aliphatic heterocycles. The number of carboxylic acids is 1. The number of thiocarbonyl (C=S) groups is 1. The number of rotatable bonds is 8. The number of benzene rings is 1. The van der Waals surface area contributed by atoms with Crippen LogP contribution < -0.4 is 10.6 Å². The van der Waals surface area contributed by atoms with Crippen LogP contribution in [0, 0.1) is 0 Å². The quantitative estimate of drug-likeness (QED) is 0.280. The van der Waals surface area contributed by atoms with E-state index in [1.54, 1.807) is 6.92 Å². The first-order chi connectivity index (χ1) is 15.8. The highest BCUT2D eigenvalue weighted by Crippen LogP contribution is 2.38. The van der Waals surface area contributed by atoms with Gasteiger partial charge in [-0.05, 0) is 12.5 Å². The van der Waals surface area contributed by atoms with Crippen molar-refractivity contribution in [3.05, 3.63) is 51.9 Å². The van der Waals surface area contributed by atoms with Gasteiger partial charge in [0.1, 0.15) is 16.4 Å². The number of amides is 3. The second kappa shape index (κ2) is 11.0. The molecular formula is C20H18N4O6S3. The SMILES string of the molecule is CCOC(=O)C(=C1SC(=S)N(CC(=O)O)C1=O)c1csc(NC(=O)NCc2ccccc2)n1. The number of nitrogens with zero attached hydrogens (tertiary/aromatic N) is 2. The predicted molar refractivity (Wildman–Crippen MR) is 128 cm³/mol. The predicted octanol–water partition coefficient (Wildman–Crippen LogP) is 2.68. The minimum atomic E-state index is -1.24. The van der Waals surface area contributed by atoms with Crippen LogP contribution in [0.2, 0.25) is 0 Å². The molecule has 33 heavy (non-hydrogen) atoms. The summed E-state index contributed by atoms with van der Waals surface area (Å²) >= 11 is 6.95. The van der Waals surface area contributed by atoms with Crippen LogP contribution in [0.5, 0.6) is 0 Å². The highest BCUT2D eigenvalue weighted by Gasteiger charge is 2.38. The Kier molecular flexibility index (Phi) is 8.14. The highest BCUT2D eigenvalue weighted by atomic mass is 32.2. The van der Waals surface area contributed by atoms with Gasteiger partial charge in [0, 0.05) is 11.9 Å². The summed E-state index contributed by atoms with van der Waals surface area (Å²) in [5.74, 6) is -2.77. The molecule has 3 N–H and O–H groups in total. The van der Waals surface area contributed by atoms with E-state index in [2.05, 4.69) is 15.6 Å². The number of carbonyl (C=O) groups is 4. The lowest BCUT2D eigenvalue weighted by molar-refractivity contribution is -0.140. The van der Waals surface area contributed by atoms with Gasteiger partial charge < -0.3 is 15.2 Å². The number of aromatic nitrogens is 1. The molecule has 0 atom stereocenters. The van der Waals surface area contributed by atoms with E-state index in [0.717, 1.165) is 33.6 Å². The monoisotopic (exact) mass is 506 g/mol. The van der Waals surface area contributed by atoms with Crippen LogP contribution in [0.4, 0.5) is 9.93 Å². The minimum Gasteiger partial charge on any atom is -0.480 e. The first-order valence-electron chi connectivity index (χ1n) is 9.51. The first kappa shape index (κ1) is 24.4. The van der Waals surface area contributed by atoms with Gasteiger partial charge in [-0.1, -0.05) is 54.3 Å². The van der Waals surface area contributed by atoms with E-state index in [4.69, 9.17) is 22.1 Å². The fourth-order valence-electron chi connectivity index (χ4n) is 2.70. The lowest BCUT2D eigenvalue weighted by Gasteiger charge is -2.11. The van der Waals surface area contributed by atoms with Crippen molar-refractivity contribution in [3.8, 4) is 0 Å². The first-order valence-corrected chi connectivity index (χ1v) is 11.6. The molecule has 0 unspecified atom stereocenters. The Morgan fingerprint density at radius 3 is 2.64 bits per heavy atom. The zero-order chi connectivity index (χ0) is 24.0. The molecule has 0 saturated carbocycles. The second-order valence-corrected chi connectivity index (χ2v) is 8.91. The van der Waals surface area contributed by atoms with Crippen molar-refractivity contribution in [3.63, 3.8) is 0 Å². The number of hydrogen-bond donors (Lipinski definition) is 3. The van der Waals surface area contributed by atoms with E-state index >= 15 is 0 Å². The lowest BCUT2D eigenvalue weighted by atomic mass is 10.2. The van der Waals surface area contributed by atoms with Crippen molar-refractivity contribution in [2.24, 2.45) is 0 Å². The number of esters is 1. The van der Waals surface area contributed by atoms with Gasteiger partial charge in [-0.2, -0.15) is 0 Å². The largest absolute Gasteiger partial charge is 0.480 e. The van der Waals surface area contributed by atoms with Crippen LogP contribution in [0.1, 0.15) is 18.2 Å². The minimum absolute atomic E-state index is 0.00747. The summed E-state index contributed by atoms with van der Waals surface area (Å²) in [6.45, 7) is 1.34. The van der Waals surface area contributed by atoms with E-state index in [9.17, 15) is 19.2 Å². The van der Waals surface area contributed by atoms with Crippen molar-refractivity contribution < 1.29 is 29.0 Å². The molecule has 3 amide bonds. The van der Waals surface area contributed by atoms with Crippen LogP contribution in [-0.2, 0) is 25.7 Å². The third-order valence-corrected chi connectivity index (χ3v) is 6.33. The van der Waals surface area contributed by atoms with Gasteiger partial charge in [0.25, 0.3) is 5.91 Å². The van der Waals surface area contributed by atoms with Crippen molar-refractivity contribution in [1.29, 1.82) is 0 Å². The summed E-state index contributed by atoms with van der Waals surface area (Å²) in [4.78, 5) is 53.7. The molecule has 1 saturated heterocycles. The van der Waals surface area contributed by atoms with E-state index in [1.807, 2.05) is 30.3 Å². The Morgan fingerprint density at radius 1 is 1.24 bits per heavy atom. The van der Waals surface area contributed by atoms with Crippen LogP contribution in [0.3, 0.4) is 0 Å². The summed E-state index contributed by atoms with van der Waals surface area (Å²) in [5.41, 5.74) is 0.879. The maximum Gasteiger partial charge on any atom is 0.341 e. The molecule has 0 bridgehead atoms. The number of urea groups is 1. The molecule has 1 aliphatic rings. The fourth-order valence-corrected chi connectivity index (χ4v) is 4.72. The standard InChI is InChI=1S/C20H18N4O6S3/c1-2-30-17(28)14(15-16(27)24(9-13(25)26)20(31)33-15)12-10-32-19(22-12)23-18(29)21-8-11-6-4-3-5-7-11/h3-7,10H,2,8-9H2,1H3,(H,25,26)(H2,21,22,23,29). The van der Waals surface area contributed by atoms with Crippen molar-refractivity contribution >= 4 is 74.2 Å². The fraction of sp³-hybridized carbons (Fsp3) is 0.200.